The molecule has 0 fully saturated rings. The van der Waals surface area contributed by atoms with Gasteiger partial charge in [0.15, 0.2) is 5.65 Å². The van der Waals surface area contributed by atoms with Crippen LogP contribution < -0.4 is 5.32 Å². The lowest BCUT2D eigenvalue weighted by atomic mass is 9.91. The van der Waals surface area contributed by atoms with Gasteiger partial charge in [-0.1, -0.05) is 6.07 Å². The minimum Gasteiger partial charge on any atom is -0.309 e. The zero-order chi connectivity index (χ0) is 15.8. The second kappa shape index (κ2) is 5.91. The number of likely N-dealkylation sites (N-methyl/N-ethyl adjacent to an activating group) is 1. The summed E-state index contributed by atoms with van der Waals surface area (Å²) >= 11 is 0. The van der Waals surface area contributed by atoms with Gasteiger partial charge < -0.3 is 10.2 Å². The van der Waals surface area contributed by atoms with Crippen molar-refractivity contribution in [3.05, 3.63) is 41.7 Å². The van der Waals surface area contributed by atoms with E-state index in [0.29, 0.717) is 6.04 Å². The Bertz CT molecular complexity index is 836. The molecule has 1 atom stereocenters. The molecular weight excluding hydrogens is 286 g/mol. The minimum absolute atomic E-state index is 0.403. The highest BCUT2D eigenvalue weighted by atomic mass is 15.1. The number of nitrogens with one attached hydrogen (secondary N) is 1. The van der Waals surface area contributed by atoms with Crippen LogP contribution in [0.1, 0.15) is 30.1 Å². The first kappa shape index (κ1) is 14.6. The molecule has 1 aliphatic carbocycles. The van der Waals surface area contributed by atoms with Gasteiger partial charge in [-0.2, -0.15) is 0 Å². The van der Waals surface area contributed by atoms with Crippen LogP contribution in [-0.2, 0) is 6.42 Å². The van der Waals surface area contributed by atoms with Gasteiger partial charge in [-0.25, -0.2) is 9.97 Å². The summed E-state index contributed by atoms with van der Waals surface area (Å²) in [6.45, 7) is 2.05. The highest BCUT2D eigenvalue weighted by Crippen LogP contribution is 2.31. The molecule has 0 aliphatic heterocycles. The predicted octanol–water partition coefficient (Wildman–Crippen LogP) is 2.41. The van der Waals surface area contributed by atoms with Crippen molar-refractivity contribution in [2.45, 2.75) is 25.3 Å². The van der Waals surface area contributed by atoms with Crippen molar-refractivity contribution in [2.75, 3.05) is 27.2 Å². The quantitative estimate of drug-likeness (QED) is 0.804. The number of hydrogen-bond donors (Lipinski definition) is 1. The highest BCUT2D eigenvalue weighted by Gasteiger charge is 2.22. The third-order valence-electron chi connectivity index (χ3n) is 4.63. The summed E-state index contributed by atoms with van der Waals surface area (Å²) in [6.07, 6.45) is 5.49. The highest BCUT2D eigenvalue weighted by molar-refractivity contribution is 5.78. The lowest BCUT2D eigenvalue weighted by Crippen LogP contribution is -2.31. The Kier molecular flexibility index (Phi) is 3.75. The summed E-state index contributed by atoms with van der Waals surface area (Å²) in [4.78, 5) is 11.9. The number of nitrogens with zero attached hydrogens (tertiary/aromatic N) is 4. The van der Waals surface area contributed by atoms with Crippen LogP contribution in [0, 0.1) is 0 Å². The van der Waals surface area contributed by atoms with E-state index in [-0.39, 0.29) is 0 Å². The topological polar surface area (TPSA) is 45.5 Å². The SMILES string of the molecule is CN(C)CCNC1CCCc2nc3c(cc21)nc1ccccn13. The lowest BCUT2D eigenvalue weighted by molar-refractivity contribution is 0.371. The van der Waals surface area contributed by atoms with Gasteiger partial charge in [-0.05, 0) is 57.1 Å². The molecule has 1 aliphatic rings. The molecule has 0 bridgehead atoms. The molecule has 3 heterocycles. The second-order valence-electron chi connectivity index (χ2n) is 6.61. The molecule has 0 saturated carbocycles. The average Bonchev–Trinajstić information content (AvgIpc) is 2.90. The molecule has 4 rings (SSSR count). The van der Waals surface area contributed by atoms with E-state index in [4.69, 9.17) is 9.97 Å². The summed E-state index contributed by atoms with van der Waals surface area (Å²) in [5.41, 5.74) is 5.52. The van der Waals surface area contributed by atoms with Crippen molar-refractivity contribution >= 4 is 16.8 Å². The molecule has 0 amide bonds. The molecular formula is C18H23N5. The van der Waals surface area contributed by atoms with E-state index in [2.05, 4.69) is 34.8 Å². The largest absolute Gasteiger partial charge is 0.309 e. The van der Waals surface area contributed by atoms with E-state index < -0.39 is 0 Å². The van der Waals surface area contributed by atoms with Gasteiger partial charge in [0.2, 0.25) is 0 Å². The Balaban J connectivity index is 1.72. The summed E-state index contributed by atoms with van der Waals surface area (Å²) in [6, 6.07) is 8.73. The van der Waals surface area contributed by atoms with Crippen LogP contribution in [0.2, 0.25) is 0 Å². The summed E-state index contributed by atoms with van der Waals surface area (Å²) in [7, 11) is 4.22. The van der Waals surface area contributed by atoms with Gasteiger partial charge in [-0.3, -0.25) is 4.40 Å². The maximum absolute atomic E-state index is 4.95. The number of pyridine rings is 2. The van der Waals surface area contributed by atoms with E-state index in [0.717, 1.165) is 36.3 Å². The summed E-state index contributed by atoms with van der Waals surface area (Å²) in [5.74, 6) is 0. The third-order valence-corrected chi connectivity index (χ3v) is 4.63. The summed E-state index contributed by atoms with van der Waals surface area (Å²) in [5, 5.41) is 3.69. The molecule has 0 saturated heterocycles. The third kappa shape index (κ3) is 2.71. The molecule has 5 heteroatoms. The van der Waals surface area contributed by atoms with E-state index in [9.17, 15) is 0 Å². The predicted molar refractivity (Wildman–Crippen MR) is 92.7 cm³/mol. The number of rotatable bonds is 4. The van der Waals surface area contributed by atoms with Crippen molar-refractivity contribution in [2.24, 2.45) is 0 Å². The van der Waals surface area contributed by atoms with E-state index in [1.165, 1.54) is 24.1 Å². The first-order valence-corrected chi connectivity index (χ1v) is 8.37. The monoisotopic (exact) mass is 309 g/mol. The smallest absolute Gasteiger partial charge is 0.164 e. The number of aromatic nitrogens is 3. The Morgan fingerprint density at radius 3 is 3.09 bits per heavy atom. The molecule has 0 radical (unpaired) electrons. The molecule has 1 N–H and O–H groups in total. The molecule has 1 unspecified atom stereocenters. The number of hydrogen-bond acceptors (Lipinski definition) is 4. The molecule has 5 nitrogen and oxygen atoms in total. The van der Waals surface area contributed by atoms with Gasteiger partial charge in [0, 0.05) is 31.0 Å². The summed E-state index contributed by atoms with van der Waals surface area (Å²) < 4.78 is 2.08. The maximum Gasteiger partial charge on any atom is 0.164 e. The fourth-order valence-electron chi connectivity index (χ4n) is 3.44. The second-order valence-corrected chi connectivity index (χ2v) is 6.61. The van der Waals surface area contributed by atoms with Crippen LogP contribution in [0.25, 0.3) is 16.8 Å². The van der Waals surface area contributed by atoms with Gasteiger partial charge >= 0.3 is 0 Å². The van der Waals surface area contributed by atoms with Gasteiger partial charge in [0.1, 0.15) is 11.2 Å². The molecule has 0 aromatic carbocycles. The molecule has 0 spiro atoms. The molecule has 23 heavy (non-hydrogen) atoms. The van der Waals surface area contributed by atoms with Gasteiger partial charge in [0.25, 0.3) is 0 Å². The van der Waals surface area contributed by atoms with Crippen molar-refractivity contribution in [1.29, 1.82) is 0 Å². The van der Waals surface area contributed by atoms with Crippen molar-refractivity contribution in [1.82, 2.24) is 24.6 Å². The molecule has 3 aromatic heterocycles. The zero-order valence-electron chi connectivity index (χ0n) is 13.8. The van der Waals surface area contributed by atoms with Gasteiger partial charge in [0.05, 0.1) is 0 Å². The fraction of sp³-hybridized carbons (Fsp3) is 0.444. The standard InChI is InChI=1S/C18H23N5/c1-22(2)11-9-19-14-6-5-7-15-13(14)12-16-18(21-15)23-10-4-3-8-17(23)20-16/h3-4,8,10,12,14,19H,5-7,9,11H2,1-2H3. The Labute approximate surface area is 136 Å². The molecule has 120 valence electrons. The van der Waals surface area contributed by atoms with Crippen LogP contribution >= 0.6 is 0 Å². The van der Waals surface area contributed by atoms with Crippen LogP contribution in [0.3, 0.4) is 0 Å². The fourth-order valence-corrected chi connectivity index (χ4v) is 3.44. The normalized spacial score (nSPS) is 18.0. The van der Waals surface area contributed by atoms with E-state index >= 15 is 0 Å². The zero-order valence-corrected chi connectivity index (χ0v) is 13.8. The first-order chi connectivity index (χ1) is 11.2. The first-order valence-electron chi connectivity index (χ1n) is 8.37. The van der Waals surface area contributed by atoms with E-state index in [1.54, 1.807) is 0 Å². The van der Waals surface area contributed by atoms with Crippen LogP contribution in [-0.4, -0.2) is 46.5 Å². The maximum atomic E-state index is 4.95. The molecule has 3 aromatic rings. The van der Waals surface area contributed by atoms with Crippen molar-refractivity contribution < 1.29 is 0 Å². The minimum atomic E-state index is 0.403. The van der Waals surface area contributed by atoms with E-state index in [1.807, 2.05) is 24.4 Å². The van der Waals surface area contributed by atoms with Crippen LogP contribution in [0.15, 0.2) is 30.5 Å². The number of aryl methyl sites for hydroxylation is 1. The Morgan fingerprint density at radius 2 is 2.22 bits per heavy atom. The van der Waals surface area contributed by atoms with Gasteiger partial charge in [-0.15, -0.1) is 0 Å². The van der Waals surface area contributed by atoms with Crippen LogP contribution in [0.4, 0.5) is 0 Å². The number of imidazole rings is 1. The lowest BCUT2D eigenvalue weighted by Gasteiger charge is -2.26. The van der Waals surface area contributed by atoms with Crippen molar-refractivity contribution in [3.63, 3.8) is 0 Å². The Morgan fingerprint density at radius 1 is 1.30 bits per heavy atom. The van der Waals surface area contributed by atoms with Crippen molar-refractivity contribution in [3.8, 4) is 0 Å². The number of fused-ring (bicyclic) bond motifs is 4. The van der Waals surface area contributed by atoms with Crippen LogP contribution in [0.5, 0.6) is 0 Å². The average molecular weight is 309 g/mol. The Hall–Kier alpha value is -1.98.